The van der Waals surface area contributed by atoms with Crippen LogP contribution in [-0.2, 0) is 6.42 Å². The number of aryl methyl sites for hydroxylation is 1. The number of carbonyl (C=O) groups is 1. The quantitative estimate of drug-likeness (QED) is 0.827. The van der Waals surface area contributed by atoms with E-state index in [1.54, 1.807) is 18.2 Å². The van der Waals surface area contributed by atoms with E-state index in [1.165, 1.54) is 18.4 Å². The molecule has 0 fully saturated rings. The van der Waals surface area contributed by atoms with E-state index in [0.29, 0.717) is 22.7 Å². The van der Waals surface area contributed by atoms with Crippen LogP contribution in [0.3, 0.4) is 0 Å². The van der Waals surface area contributed by atoms with Crippen molar-refractivity contribution < 1.29 is 14.6 Å². The molecule has 106 valence electrons. The third-order valence-electron chi connectivity index (χ3n) is 2.83. The fourth-order valence-corrected chi connectivity index (χ4v) is 2.93. The van der Waals surface area contributed by atoms with Crippen molar-refractivity contribution in [2.45, 2.75) is 19.8 Å². The highest BCUT2D eigenvalue weighted by atomic mass is 32.1. The number of aromatic carboxylic acids is 1. The van der Waals surface area contributed by atoms with Crippen molar-refractivity contribution in [3.8, 4) is 17.0 Å². The molecule has 0 amide bonds. The van der Waals surface area contributed by atoms with Gasteiger partial charge in [-0.25, -0.2) is 9.78 Å². The van der Waals surface area contributed by atoms with Gasteiger partial charge in [0.2, 0.25) is 0 Å². The van der Waals surface area contributed by atoms with Crippen LogP contribution in [-0.4, -0.2) is 23.2 Å². The molecule has 0 aliphatic carbocycles. The van der Waals surface area contributed by atoms with Gasteiger partial charge in [-0.2, -0.15) is 0 Å². The van der Waals surface area contributed by atoms with E-state index in [0.717, 1.165) is 17.8 Å². The van der Waals surface area contributed by atoms with Gasteiger partial charge in [-0.05, 0) is 31.0 Å². The average molecular weight is 292 g/mol. The summed E-state index contributed by atoms with van der Waals surface area (Å²) in [6.07, 6.45) is 1.70. The minimum Gasteiger partial charge on any atom is -0.495 e. The second-order valence-electron chi connectivity index (χ2n) is 4.30. The van der Waals surface area contributed by atoms with Gasteiger partial charge in [-0.1, -0.05) is 6.92 Å². The lowest BCUT2D eigenvalue weighted by Gasteiger charge is -2.06. The maximum absolute atomic E-state index is 11.3. The van der Waals surface area contributed by atoms with E-state index >= 15 is 0 Å². The summed E-state index contributed by atoms with van der Waals surface area (Å²) in [5.74, 6) is -0.399. The Bertz CT molecular complexity index is 637. The Morgan fingerprint density at radius 3 is 2.80 bits per heavy atom. The topological polar surface area (TPSA) is 85.4 Å². The van der Waals surface area contributed by atoms with Crippen LogP contribution < -0.4 is 10.5 Å². The molecule has 0 saturated carbocycles. The molecule has 5 nitrogen and oxygen atoms in total. The number of carboxylic acids is 1. The van der Waals surface area contributed by atoms with E-state index in [2.05, 4.69) is 4.98 Å². The number of hydrogen-bond donors (Lipinski definition) is 2. The molecule has 0 radical (unpaired) electrons. The van der Waals surface area contributed by atoms with Gasteiger partial charge in [0, 0.05) is 5.56 Å². The van der Waals surface area contributed by atoms with Gasteiger partial charge >= 0.3 is 5.97 Å². The Kier molecular flexibility index (Phi) is 4.24. The Hall–Kier alpha value is -2.08. The largest absolute Gasteiger partial charge is 0.495 e. The van der Waals surface area contributed by atoms with Gasteiger partial charge in [0.15, 0.2) is 0 Å². The molecular formula is C14H16N2O3S. The Balaban J connectivity index is 2.50. The summed E-state index contributed by atoms with van der Waals surface area (Å²) < 4.78 is 5.10. The number of hydrogen-bond acceptors (Lipinski definition) is 5. The fraction of sp³-hybridized carbons (Fsp3) is 0.286. The van der Waals surface area contributed by atoms with Crippen molar-refractivity contribution >= 4 is 23.0 Å². The zero-order chi connectivity index (χ0) is 14.7. The first kappa shape index (κ1) is 14.3. The number of thiazole rings is 1. The van der Waals surface area contributed by atoms with Crippen LogP contribution >= 0.6 is 11.3 Å². The van der Waals surface area contributed by atoms with Gasteiger partial charge in [-0.3, -0.25) is 0 Å². The van der Waals surface area contributed by atoms with E-state index in [4.69, 9.17) is 10.5 Å². The van der Waals surface area contributed by atoms with Crippen molar-refractivity contribution in [2.75, 3.05) is 12.8 Å². The predicted molar refractivity (Wildman–Crippen MR) is 79.5 cm³/mol. The van der Waals surface area contributed by atoms with Crippen LogP contribution in [0.5, 0.6) is 5.75 Å². The van der Waals surface area contributed by atoms with Crippen LogP contribution in [0.1, 0.15) is 28.0 Å². The number of nitrogens with zero attached hydrogens (tertiary/aromatic N) is 1. The maximum Gasteiger partial charge on any atom is 0.348 e. The normalized spacial score (nSPS) is 10.5. The molecule has 0 spiro atoms. The lowest BCUT2D eigenvalue weighted by atomic mass is 10.1. The molecule has 6 heteroatoms. The lowest BCUT2D eigenvalue weighted by Crippen LogP contribution is -1.97. The minimum atomic E-state index is -0.964. The zero-order valence-electron chi connectivity index (χ0n) is 11.3. The highest BCUT2D eigenvalue weighted by molar-refractivity contribution is 7.14. The van der Waals surface area contributed by atoms with Gasteiger partial charge in [0.05, 0.1) is 23.5 Å². The molecule has 2 rings (SSSR count). The van der Waals surface area contributed by atoms with E-state index in [-0.39, 0.29) is 4.88 Å². The summed E-state index contributed by atoms with van der Waals surface area (Å²) in [7, 11) is 1.54. The summed E-state index contributed by atoms with van der Waals surface area (Å²) in [5.41, 5.74) is 7.49. The highest BCUT2D eigenvalue weighted by Crippen LogP contribution is 2.33. The summed E-state index contributed by atoms with van der Waals surface area (Å²) in [4.78, 5) is 16.0. The van der Waals surface area contributed by atoms with Crippen LogP contribution in [0.4, 0.5) is 5.69 Å². The fourth-order valence-electron chi connectivity index (χ4n) is 1.91. The Morgan fingerprint density at radius 1 is 1.50 bits per heavy atom. The zero-order valence-corrected chi connectivity index (χ0v) is 12.2. The number of rotatable bonds is 5. The number of methoxy groups -OCH3 is 1. The molecular weight excluding hydrogens is 276 g/mol. The second-order valence-corrected chi connectivity index (χ2v) is 5.38. The summed E-state index contributed by atoms with van der Waals surface area (Å²) in [5, 5.41) is 10.1. The molecule has 0 saturated heterocycles. The van der Waals surface area contributed by atoms with Crippen LogP contribution in [0.15, 0.2) is 18.2 Å². The monoisotopic (exact) mass is 292 g/mol. The Morgan fingerprint density at radius 2 is 2.25 bits per heavy atom. The maximum atomic E-state index is 11.3. The predicted octanol–water partition coefficient (Wildman–Crippen LogP) is 3.05. The third-order valence-corrected chi connectivity index (χ3v) is 3.94. The van der Waals surface area contributed by atoms with Crippen LogP contribution in [0.25, 0.3) is 11.3 Å². The summed E-state index contributed by atoms with van der Waals surface area (Å²) in [6, 6.07) is 5.18. The van der Waals surface area contributed by atoms with Crippen molar-refractivity contribution in [3.05, 3.63) is 28.1 Å². The summed E-state index contributed by atoms with van der Waals surface area (Å²) >= 11 is 1.22. The van der Waals surface area contributed by atoms with Crippen LogP contribution in [0, 0.1) is 0 Å². The van der Waals surface area contributed by atoms with Gasteiger partial charge in [0.1, 0.15) is 10.6 Å². The molecule has 3 N–H and O–H groups in total. The molecule has 0 aliphatic heterocycles. The van der Waals surface area contributed by atoms with Gasteiger partial charge < -0.3 is 15.6 Å². The van der Waals surface area contributed by atoms with Crippen molar-refractivity contribution in [1.29, 1.82) is 0 Å². The number of carboxylic acid groups (broad SMARTS) is 1. The molecule has 1 heterocycles. The third kappa shape index (κ3) is 2.75. The molecule has 0 unspecified atom stereocenters. The Labute approximate surface area is 121 Å². The number of ether oxygens (including phenoxy) is 1. The van der Waals surface area contributed by atoms with Crippen molar-refractivity contribution in [1.82, 2.24) is 4.98 Å². The summed E-state index contributed by atoms with van der Waals surface area (Å²) in [6.45, 7) is 2.03. The van der Waals surface area contributed by atoms with Gasteiger partial charge in [0.25, 0.3) is 0 Å². The van der Waals surface area contributed by atoms with E-state index in [9.17, 15) is 9.90 Å². The first-order valence-corrected chi connectivity index (χ1v) is 7.05. The first-order valence-electron chi connectivity index (χ1n) is 6.23. The average Bonchev–Trinajstić information content (AvgIpc) is 2.83. The van der Waals surface area contributed by atoms with Gasteiger partial charge in [-0.15, -0.1) is 11.3 Å². The number of nitrogen functional groups attached to an aromatic ring is 1. The highest BCUT2D eigenvalue weighted by Gasteiger charge is 2.19. The molecule has 0 aliphatic rings. The molecule has 2 aromatic rings. The molecule has 20 heavy (non-hydrogen) atoms. The van der Waals surface area contributed by atoms with Crippen LogP contribution in [0.2, 0.25) is 0 Å². The molecule has 1 aromatic heterocycles. The van der Waals surface area contributed by atoms with E-state index in [1.807, 2.05) is 6.92 Å². The van der Waals surface area contributed by atoms with Crippen molar-refractivity contribution in [3.63, 3.8) is 0 Å². The van der Waals surface area contributed by atoms with E-state index < -0.39 is 5.97 Å². The smallest absolute Gasteiger partial charge is 0.348 e. The second kappa shape index (κ2) is 5.92. The lowest BCUT2D eigenvalue weighted by molar-refractivity contribution is 0.0702. The standard InChI is InChI=1S/C14H16N2O3S/c1-3-4-11-16-12(13(20-11)14(17)18)8-5-6-10(19-2)9(15)7-8/h5-7H,3-4,15H2,1-2H3,(H,17,18). The first-order chi connectivity index (χ1) is 9.56. The number of anilines is 1. The number of nitrogens with two attached hydrogens (primary N) is 1. The van der Waals surface area contributed by atoms with Crippen molar-refractivity contribution in [2.24, 2.45) is 0 Å². The molecule has 0 atom stereocenters. The molecule has 1 aromatic carbocycles. The minimum absolute atomic E-state index is 0.248. The number of benzene rings is 1. The SMILES string of the molecule is CCCc1nc(-c2ccc(OC)c(N)c2)c(C(=O)O)s1. The molecule has 0 bridgehead atoms. The number of aromatic nitrogens is 1.